The molecule has 0 bridgehead atoms. The van der Waals surface area contributed by atoms with Crippen LogP contribution in [0.2, 0.25) is 0 Å². The molecule has 1 rings (SSSR count). The highest BCUT2D eigenvalue weighted by molar-refractivity contribution is 7.94. The lowest BCUT2D eigenvalue weighted by molar-refractivity contribution is 0.566. The van der Waals surface area contributed by atoms with E-state index in [-0.39, 0.29) is 0 Å². The number of rotatable bonds is 2. The maximum atomic E-state index is 11.6. The second kappa shape index (κ2) is 3.31. The first-order valence-corrected chi connectivity index (χ1v) is 6.25. The van der Waals surface area contributed by atoms with Crippen LogP contribution in [-0.2, 0) is 10.0 Å². The molecule has 74 valence electrons. The SMILES string of the molecule is CC(C)(C)S(=O)(=O)Nc1cccs1. The van der Waals surface area contributed by atoms with Crippen LogP contribution in [-0.4, -0.2) is 13.2 Å². The number of hydrogen-bond donors (Lipinski definition) is 1. The summed E-state index contributed by atoms with van der Waals surface area (Å²) in [5.74, 6) is 0. The van der Waals surface area contributed by atoms with E-state index in [4.69, 9.17) is 0 Å². The monoisotopic (exact) mass is 219 g/mol. The number of nitrogens with one attached hydrogen (secondary N) is 1. The van der Waals surface area contributed by atoms with Crippen LogP contribution in [0.25, 0.3) is 0 Å². The first-order chi connectivity index (χ1) is 5.83. The predicted octanol–water partition coefficient (Wildman–Crippen LogP) is 2.29. The van der Waals surface area contributed by atoms with E-state index in [1.807, 2.05) is 11.4 Å². The normalized spacial score (nSPS) is 12.8. The number of thiophene rings is 1. The maximum absolute atomic E-state index is 11.6. The lowest BCUT2D eigenvalue weighted by Crippen LogP contribution is -2.33. The summed E-state index contributed by atoms with van der Waals surface area (Å²) in [4.78, 5) is 0. The Bertz CT molecular complexity index is 359. The fourth-order valence-corrected chi connectivity index (χ4v) is 2.24. The van der Waals surface area contributed by atoms with Crippen LogP contribution in [0.5, 0.6) is 0 Å². The molecule has 13 heavy (non-hydrogen) atoms. The highest BCUT2D eigenvalue weighted by Crippen LogP contribution is 2.22. The summed E-state index contributed by atoms with van der Waals surface area (Å²) < 4.78 is 25.0. The van der Waals surface area contributed by atoms with Gasteiger partial charge in [-0.05, 0) is 38.3 Å². The Morgan fingerprint density at radius 3 is 2.38 bits per heavy atom. The third kappa shape index (κ3) is 2.45. The van der Waals surface area contributed by atoms with Gasteiger partial charge in [-0.1, -0.05) is 0 Å². The molecule has 1 heterocycles. The van der Waals surface area contributed by atoms with E-state index in [9.17, 15) is 8.42 Å². The van der Waals surface area contributed by atoms with Gasteiger partial charge in [0.1, 0.15) is 5.00 Å². The minimum Gasteiger partial charge on any atom is -0.274 e. The van der Waals surface area contributed by atoms with Crippen molar-refractivity contribution in [1.29, 1.82) is 0 Å². The molecule has 1 aromatic heterocycles. The Balaban J connectivity index is 2.87. The van der Waals surface area contributed by atoms with E-state index < -0.39 is 14.8 Å². The van der Waals surface area contributed by atoms with E-state index in [0.29, 0.717) is 5.00 Å². The van der Waals surface area contributed by atoms with Gasteiger partial charge in [0.05, 0.1) is 4.75 Å². The lowest BCUT2D eigenvalue weighted by Gasteiger charge is -2.19. The van der Waals surface area contributed by atoms with Gasteiger partial charge < -0.3 is 0 Å². The van der Waals surface area contributed by atoms with E-state index in [1.54, 1.807) is 26.8 Å². The van der Waals surface area contributed by atoms with E-state index in [0.717, 1.165) is 0 Å². The molecule has 0 aromatic carbocycles. The summed E-state index contributed by atoms with van der Waals surface area (Å²) in [6.07, 6.45) is 0. The summed E-state index contributed by atoms with van der Waals surface area (Å²) >= 11 is 1.38. The van der Waals surface area contributed by atoms with Gasteiger partial charge in [-0.2, -0.15) is 0 Å². The van der Waals surface area contributed by atoms with Crippen molar-refractivity contribution < 1.29 is 8.42 Å². The van der Waals surface area contributed by atoms with Crippen molar-refractivity contribution in [3.63, 3.8) is 0 Å². The van der Waals surface area contributed by atoms with Crippen molar-refractivity contribution >= 4 is 26.4 Å². The minimum absolute atomic E-state index is 0.662. The van der Waals surface area contributed by atoms with Crippen LogP contribution in [0.1, 0.15) is 20.8 Å². The van der Waals surface area contributed by atoms with Crippen LogP contribution >= 0.6 is 11.3 Å². The Labute approximate surface area is 82.8 Å². The molecule has 0 spiro atoms. The third-order valence-electron chi connectivity index (χ3n) is 1.56. The Morgan fingerprint density at radius 2 is 2.00 bits per heavy atom. The average molecular weight is 219 g/mol. The molecule has 0 radical (unpaired) electrons. The molecule has 0 fully saturated rings. The fourth-order valence-electron chi connectivity index (χ4n) is 0.622. The molecule has 5 heteroatoms. The van der Waals surface area contributed by atoms with Crippen LogP contribution in [0.15, 0.2) is 17.5 Å². The van der Waals surface area contributed by atoms with Crippen LogP contribution in [0.4, 0.5) is 5.00 Å². The predicted molar refractivity (Wildman–Crippen MR) is 56.6 cm³/mol. The zero-order valence-electron chi connectivity index (χ0n) is 7.87. The Kier molecular flexibility index (Phi) is 2.68. The van der Waals surface area contributed by atoms with Gasteiger partial charge in [-0.25, -0.2) is 8.42 Å². The standard InChI is InChI=1S/C8H13NO2S2/c1-8(2,3)13(10,11)9-7-5-4-6-12-7/h4-6,9H,1-3H3. The van der Waals surface area contributed by atoms with Gasteiger partial charge in [0.2, 0.25) is 10.0 Å². The van der Waals surface area contributed by atoms with Gasteiger partial charge in [-0.3, -0.25) is 4.72 Å². The lowest BCUT2D eigenvalue weighted by atomic mass is 10.3. The van der Waals surface area contributed by atoms with E-state index >= 15 is 0 Å². The zero-order chi connectivity index (χ0) is 10.1. The topological polar surface area (TPSA) is 46.2 Å². The van der Waals surface area contributed by atoms with Crippen LogP contribution in [0.3, 0.4) is 0 Å². The summed E-state index contributed by atoms with van der Waals surface area (Å²) in [6.45, 7) is 5.01. The van der Waals surface area contributed by atoms with Crippen LogP contribution < -0.4 is 4.72 Å². The summed E-state index contributed by atoms with van der Waals surface area (Å²) in [6, 6.07) is 3.55. The first-order valence-electron chi connectivity index (χ1n) is 3.89. The Morgan fingerprint density at radius 1 is 1.38 bits per heavy atom. The van der Waals surface area contributed by atoms with Crippen molar-refractivity contribution in [2.45, 2.75) is 25.5 Å². The summed E-state index contributed by atoms with van der Waals surface area (Å²) in [5.41, 5.74) is 0. The molecule has 1 aromatic rings. The molecule has 0 unspecified atom stereocenters. The van der Waals surface area contributed by atoms with Gasteiger partial charge in [-0.15, -0.1) is 11.3 Å². The van der Waals surface area contributed by atoms with Gasteiger partial charge in [0, 0.05) is 0 Å². The Hall–Kier alpha value is -0.550. The molecule has 0 aliphatic carbocycles. The van der Waals surface area contributed by atoms with Crippen LogP contribution in [0, 0.1) is 0 Å². The number of sulfonamides is 1. The molecule has 0 atom stereocenters. The summed E-state index contributed by atoms with van der Waals surface area (Å²) in [5, 5.41) is 2.50. The fraction of sp³-hybridized carbons (Fsp3) is 0.500. The molecule has 3 nitrogen and oxygen atoms in total. The minimum atomic E-state index is -3.26. The van der Waals surface area contributed by atoms with Crippen molar-refractivity contribution in [1.82, 2.24) is 0 Å². The quantitative estimate of drug-likeness (QED) is 0.829. The first kappa shape index (κ1) is 10.5. The molecule has 1 N–H and O–H groups in total. The molecular weight excluding hydrogens is 206 g/mol. The summed E-state index contributed by atoms with van der Waals surface area (Å²) in [7, 11) is -3.26. The second-order valence-corrected chi connectivity index (χ2v) is 7.08. The maximum Gasteiger partial charge on any atom is 0.238 e. The third-order valence-corrected chi connectivity index (χ3v) is 4.58. The highest BCUT2D eigenvalue weighted by Gasteiger charge is 2.28. The second-order valence-electron chi connectivity index (χ2n) is 3.70. The molecule has 0 amide bonds. The van der Waals surface area contributed by atoms with E-state index in [2.05, 4.69) is 4.72 Å². The van der Waals surface area contributed by atoms with E-state index in [1.165, 1.54) is 11.3 Å². The van der Waals surface area contributed by atoms with Gasteiger partial charge in [0.15, 0.2) is 0 Å². The van der Waals surface area contributed by atoms with Crippen molar-refractivity contribution in [3.05, 3.63) is 17.5 Å². The average Bonchev–Trinajstić information content (AvgIpc) is 2.35. The number of hydrogen-bond acceptors (Lipinski definition) is 3. The highest BCUT2D eigenvalue weighted by atomic mass is 32.2. The smallest absolute Gasteiger partial charge is 0.238 e. The van der Waals surface area contributed by atoms with Crippen molar-refractivity contribution in [3.8, 4) is 0 Å². The van der Waals surface area contributed by atoms with Crippen molar-refractivity contribution in [2.75, 3.05) is 4.72 Å². The van der Waals surface area contributed by atoms with Crippen molar-refractivity contribution in [2.24, 2.45) is 0 Å². The molecule has 0 aliphatic heterocycles. The molecular formula is C8H13NO2S2. The zero-order valence-corrected chi connectivity index (χ0v) is 9.50. The molecule has 0 aliphatic rings. The van der Waals surface area contributed by atoms with Gasteiger partial charge >= 0.3 is 0 Å². The molecule has 0 saturated heterocycles. The largest absolute Gasteiger partial charge is 0.274 e. The number of anilines is 1. The van der Waals surface area contributed by atoms with Gasteiger partial charge in [0.25, 0.3) is 0 Å². The molecule has 0 saturated carbocycles.